The first-order valence-corrected chi connectivity index (χ1v) is 42.6. The number of aliphatic hydroxyl groups is 9. The van der Waals surface area contributed by atoms with Crippen LogP contribution >= 0.6 is 0 Å². The Hall–Kier alpha value is -5.79. The highest BCUT2D eigenvalue weighted by Gasteiger charge is 2.48. The number of amides is 7. The normalized spacial score (nSPS) is 23.6. The van der Waals surface area contributed by atoms with Crippen LogP contribution in [0.25, 0.3) is 0 Å². The van der Waals surface area contributed by atoms with E-state index in [0.717, 1.165) is 57.8 Å². The van der Waals surface area contributed by atoms with Crippen LogP contribution in [0, 0.1) is 0 Å². The van der Waals surface area contributed by atoms with Gasteiger partial charge in [-0.05, 0) is 83.5 Å². The van der Waals surface area contributed by atoms with Gasteiger partial charge < -0.3 is 131 Å². The van der Waals surface area contributed by atoms with E-state index < -0.39 is 135 Å². The van der Waals surface area contributed by atoms with Gasteiger partial charge in [-0.1, -0.05) is 64.2 Å². The van der Waals surface area contributed by atoms with Crippen LogP contribution in [0.4, 0.5) is 0 Å². The summed E-state index contributed by atoms with van der Waals surface area (Å²) < 4.78 is 57.4. The Morgan fingerprint density at radius 2 is 0.593 bits per heavy atom. The summed E-state index contributed by atoms with van der Waals surface area (Å²) in [6.45, 7) is 2.78. The second-order valence-corrected chi connectivity index (χ2v) is 30.9. The molecule has 0 bridgehead atoms. The number of aliphatic hydroxyl groups excluding tert-OH is 9. The van der Waals surface area contributed by atoms with Crippen molar-refractivity contribution in [1.29, 1.82) is 0 Å². The molecule has 0 saturated carbocycles. The van der Waals surface area contributed by atoms with Crippen molar-refractivity contribution in [3.05, 3.63) is 0 Å². The summed E-state index contributed by atoms with van der Waals surface area (Å²) in [5, 5.41) is 110. The lowest BCUT2D eigenvalue weighted by molar-refractivity contribution is -0.270. The van der Waals surface area contributed by atoms with E-state index >= 15 is 0 Å². The van der Waals surface area contributed by atoms with E-state index in [1.807, 2.05) is 0 Å². The van der Waals surface area contributed by atoms with Crippen LogP contribution in [0.2, 0.25) is 0 Å². The molecule has 682 valence electrons. The maximum atomic E-state index is 14.0. The van der Waals surface area contributed by atoms with Crippen molar-refractivity contribution in [1.82, 2.24) is 37.2 Å². The predicted octanol–water partition coefficient (Wildman–Crippen LogP) is 0.307. The number of carbonyl (C=O) groups is 11. The molecule has 118 heavy (non-hydrogen) atoms. The standard InChI is InChI=1S/C81H143N7O30/c1-55(92)85-69-75(106)72(103)62(48-89)116-78(69)113-42-24-20-32-58(95)28-15-13-17-30-60(97)36-45-110-52-81(88-67(101)35-19-11-9-7-5-6-8-10-12-23-39-84-68(102)51-109-4,53-111-46-37-61(98)31-18-14-16-29-59(96)33-21-25-43-114-79-70(86-56(2)93)76(107)73(104)63(49-90)117-79)54-112-47-38-66(100)83-41-27-40-82-65(99)34-22-26-44-115-80-71(87-57(3)94)77(108)74(105)64(50-91)118-80/h62-64,69-80,89-91,103-108H,5-54H2,1-4H3,(H,82,99)(H,83,100)(H,84,102)(H,85,92)(H,86,93)(H,87,94)(H,88,101)/t62?,63?,64?,69?,70?,71?,72-,73-,74-,75+,76+,77+,78+,79+,80+,81?/m0/s1. The van der Waals surface area contributed by atoms with Crippen molar-refractivity contribution in [3.8, 4) is 0 Å². The van der Waals surface area contributed by atoms with E-state index in [9.17, 15) is 98.7 Å². The number of carbonyl (C=O) groups excluding carboxylic acids is 11. The average Bonchev–Trinajstić information content (AvgIpc) is 0.823. The van der Waals surface area contributed by atoms with Gasteiger partial charge in [-0.25, -0.2) is 0 Å². The second kappa shape index (κ2) is 64.1. The number of methoxy groups -OCH3 is 1. The number of hydrogen-bond acceptors (Lipinski definition) is 30. The minimum absolute atomic E-state index is 0.0234. The smallest absolute Gasteiger partial charge is 0.245 e. The maximum absolute atomic E-state index is 14.0. The summed E-state index contributed by atoms with van der Waals surface area (Å²) in [5.74, 6) is -2.55. The minimum atomic E-state index is -1.46. The summed E-state index contributed by atoms with van der Waals surface area (Å²) in [6, 6.07) is -3.24. The number of ether oxygens (including phenoxy) is 10. The Bertz CT molecular complexity index is 2610. The first-order chi connectivity index (χ1) is 56.7. The zero-order chi connectivity index (χ0) is 86.9. The van der Waals surface area contributed by atoms with E-state index in [0.29, 0.717) is 109 Å². The number of Topliss-reactive ketones (excluding diaryl/α,β-unsaturated/α-hetero) is 4. The monoisotopic (exact) mass is 1690 g/mol. The third-order valence-electron chi connectivity index (χ3n) is 20.4. The highest BCUT2D eigenvalue weighted by atomic mass is 16.7. The van der Waals surface area contributed by atoms with E-state index in [2.05, 4.69) is 37.2 Å². The Labute approximate surface area is 694 Å². The molecule has 0 radical (unpaired) electrons. The predicted molar refractivity (Wildman–Crippen MR) is 425 cm³/mol. The molecule has 6 unspecified atom stereocenters. The summed E-state index contributed by atoms with van der Waals surface area (Å²) in [6.07, 6.45) is 2.54. The molecular weight excluding hydrogens is 1550 g/mol. The van der Waals surface area contributed by atoms with Gasteiger partial charge >= 0.3 is 0 Å². The first kappa shape index (κ1) is 106. The second-order valence-electron chi connectivity index (χ2n) is 30.9. The summed E-state index contributed by atoms with van der Waals surface area (Å²) in [4.78, 5) is 139. The molecule has 3 fully saturated rings. The Morgan fingerprint density at radius 3 is 0.949 bits per heavy atom. The fraction of sp³-hybridized carbons (Fsp3) is 0.864. The average molecular weight is 1700 g/mol. The van der Waals surface area contributed by atoms with E-state index in [1.165, 1.54) is 27.9 Å². The topological polar surface area (TPSA) is 546 Å². The molecular formula is C81H143N7O30. The Balaban J connectivity index is 1.57. The third-order valence-corrected chi connectivity index (χ3v) is 20.4. The SMILES string of the molecule is COCC(=O)NCCCCCCCCCCCCC(=O)NC(COCCC(=O)CCCCCC(=O)CCCCO[C@@H]1OC(CO)[C@H](O)[C@H](O)C1NC(C)=O)(COCCC(=O)CCCCCC(=O)CCCCO[C@@H]1OC(CO)[C@H](O)[C@H](O)C1NC(C)=O)COCCC(=O)NCCCNC(=O)CCCCO[C@@H]1OC(CO)[C@H](O)[C@H](O)C1NC(C)=O. The van der Waals surface area contributed by atoms with Crippen molar-refractivity contribution in [2.45, 2.75) is 337 Å². The molecule has 3 aliphatic rings. The van der Waals surface area contributed by atoms with Gasteiger partial charge in [-0.2, -0.15) is 0 Å². The summed E-state index contributed by atoms with van der Waals surface area (Å²) >= 11 is 0. The van der Waals surface area contributed by atoms with Crippen LogP contribution in [0.5, 0.6) is 0 Å². The summed E-state index contributed by atoms with van der Waals surface area (Å²) in [5.41, 5.74) is -1.35. The highest BCUT2D eigenvalue weighted by molar-refractivity contribution is 5.81. The molecule has 7 amide bonds. The molecule has 3 aliphatic heterocycles. The molecule has 0 aromatic heterocycles. The van der Waals surface area contributed by atoms with Crippen LogP contribution in [0.1, 0.15) is 239 Å². The zero-order valence-corrected chi connectivity index (χ0v) is 70.1. The molecule has 16 N–H and O–H groups in total. The highest BCUT2D eigenvalue weighted by Crippen LogP contribution is 2.27. The fourth-order valence-electron chi connectivity index (χ4n) is 13.7. The molecule has 3 rings (SSSR count). The van der Waals surface area contributed by atoms with Gasteiger partial charge in [0.1, 0.15) is 108 Å². The minimum Gasteiger partial charge on any atom is -0.394 e. The molecule has 0 aromatic rings. The van der Waals surface area contributed by atoms with Crippen LogP contribution in [-0.4, -0.2) is 321 Å². The number of unbranched alkanes of at least 4 members (excludes halogenated alkanes) is 16. The van der Waals surface area contributed by atoms with Crippen LogP contribution < -0.4 is 37.2 Å². The summed E-state index contributed by atoms with van der Waals surface area (Å²) in [7, 11) is 1.48. The van der Waals surface area contributed by atoms with Gasteiger partial charge in [0.2, 0.25) is 41.4 Å². The van der Waals surface area contributed by atoms with Gasteiger partial charge in [0, 0.05) is 138 Å². The molecule has 15 atom stereocenters. The number of ketones is 4. The van der Waals surface area contributed by atoms with Crippen LogP contribution in [-0.2, 0) is 100 Å². The van der Waals surface area contributed by atoms with Gasteiger partial charge in [-0.3, -0.25) is 52.7 Å². The lowest BCUT2D eigenvalue weighted by Crippen LogP contribution is -2.64. The fourth-order valence-corrected chi connectivity index (χ4v) is 13.7. The molecule has 3 saturated heterocycles. The molecule has 37 heteroatoms. The quantitative estimate of drug-likeness (QED) is 0.0364. The van der Waals surface area contributed by atoms with Crippen molar-refractivity contribution < 1.29 is 146 Å². The third kappa shape index (κ3) is 46.5. The maximum Gasteiger partial charge on any atom is 0.245 e. The lowest BCUT2D eigenvalue weighted by Gasteiger charge is -2.42. The zero-order valence-electron chi connectivity index (χ0n) is 70.1. The number of rotatable bonds is 71. The molecule has 37 nitrogen and oxygen atoms in total. The molecule has 0 aromatic carbocycles. The van der Waals surface area contributed by atoms with Gasteiger partial charge in [0.25, 0.3) is 0 Å². The molecule has 0 spiro atoms. The van der Waals surface area contributed by atoms with Crippen LogP contribution in [0.15, 0.2) is 0 Å². The van der Waals surface area contributed by atoms with Gasteiger partial charge in [-0.15, -0.1) is 0 Å². The van der Waals surface area contributed by atoms with Gasteiger partial charge in [0.05, 0.1) is 59.5 Å². The van der Waals surface area contributed by atoms with E-state index in [-0.39, 0.29) is 184 Å². The Morgan fingerprint density at radius 1 is 0.314 bits per heavy atom. The van der Waals surface area contributed by atoms with E-state index in [4.69, 9.17) is 47.4 Å². The molecule has 0 aliphatic carbocycles. The lowest BCUT2D eigenvalue weighted by atomic mass is 9.97. The van der Waals surface area contributed by atoms with Crippen molar-refractivity contribution in [2.75, 3.05) is 113 Å². The van der Waals surface area contributed by atoms with Crippen LogP contribution in [0.3, 0.4) is 0 Å². The van der Waals surface area contributed by atoms with Gasteiger partial charge in [0.15, 0.2) is 18.9 Å². The first-order valence-electron chi connectivity index (χ1n) is 42.6. The molecule has 3 heterocycles. The Kier molecular flexibility index (Phi) is 57.8. The van der Waals surface area contributed by atoms with Crippen molar-refractivity contribution in [2.24, 2.45) is 0 Å². The van der Waals surface area contributed by atoms with Crippen molar-refractivity contribution in [3.63, 3.8) is 0 Å². The van der Waals surface area contributed by atoms with E-state index in [1.54, 1.807) is 0 Å². The largest absolute Gasteiger partial charge is 0.394 e. The van der Waals surface area contributed by atoms with Crippen molar-refractivity contribution >= 4 is 64.5 Å². The number of hydrogen-bond donors (Lipinski definition) is 16. The number of nitrogens with one attached hydrogen (secondary N) is 7.